The van der Waals surface area contributed by atoms with E-state index in [1.165, 1.54) is 6.92 Å². The number of hydrogen-bond donors (Lipinski definition) is 6. The van der Waals surface area contributed by atoms with Crippen LogP contribution in [0.2, 0.25) is 0 Å². The fraction of sp³-hybridized carbons (Fsp3) is 0.800. The van der Waals surface area contributed by atoms with Crippen molar-refractivity contribution < 1.29 is 24.3 Å². The maximum absolute atomic E-state index is 12.8. The second kappa shape index (κ2) is 13.9. The standard InChI is InChI=1S/C20H39N5O5/c1-6-12(4)16(25-18(27)14(22)9-7-8-10-21)19(28)23-13(5)17(26)24-15(11(2)3)20(29)30/h11-16H,6-10,21-22H2,1-5H3,(H,23,28)(H,24,26)(H,25,27)(H,29,30). The Kier molecular flexibility index (Phi) is 12.9. The molecule has 0 aliphatic carbocycles. The number of rotatable bonds is 14. The lowest BCUT2D eigenvalue weighted by Crippen LogP contribution is -2.58. The molecular weight excluding hydrogens is 390 g/mol. The van der Waals surface area contributed by atoms with Crippen molar-refractivity contribution in [2.75, 3.05) is 6.54 Å². The van der Waals surface area contributed by atoms with E-state index in [1.807, 2.05) is 13.8 Å². The first kappa shape index (κ1) is 27.8. The molecule has 10 heteroatoms. The van der Waals surface area contributed by atoms with Crippen LogP contribution in [-0.2, 0) is 19.2 Å². The lowest BCUT2D eigenvalue weighted by atomic mass is 9.97. The molecule has 0 aliphatic heterocycles. The highest BCUT2D eigenvalue weighted by atomic mass is 16.4. The lowest BCUT2D eigenvalue weighted by molar-refractivity contribution is -0.143. The molecule has 0 saturated heterocycles. The molecule has 30 heavy (non-hydrogen) atoms. The van der Waals surface area contributed by atoms with Gasteiger partial charge in [-0.15, -0.1) is 0 Å². The number of aliphatic carboxylic acids is 1. The minimum Gasteiger partial charge on any atom is -0.480 e. The molecule has 10 nitrogen and oxygen atoms in total. The Morgan fingerprint density at radius 3 is 1.90 bits per heavy atom. The molecule has 5 atom stereocenters. The van der Waals surface area contributed by atoms with E-state index in [1.54, 1.807) is 13.8 Å². The van der Waals surface area contributed by atoms with E-state index in [0.29, 0.717) is 25.8 Å². The van der Waals surface area contributed by atoms with E-state index in [0.717, 1.165) is 6.42 Å². The molecule has 0 fully saturated rings. The number of nitrogens with one attached hydrogen (secondary N) is 3. The third-order valence-corrected chi connectivity index (χ3v) is 5.08. The highest BCUT2D eigenvalue weighted by Crippen LogP contribution is 2.10. The summed E-state index contributed by atoms with van der Waals surface area (Å²) in [6, 6.07) is -3.65. The fourth-order valence-electron chi connectivity index (χ4n) is 2.76. The van der Waals surface area contributed by atoms with E-state index in [9.17, 15) is 24.3 Å². The van der Waals surface area contributed by atoms with Gasteiger partial charge in [0.25, 0.3) is 0 Å². The summed E-state index contributed by atoms with van der Waals surface area (Å²) in [5, 5.41) is 16.9. The molecule has 5 unspecified atom stereocenters. The van der Waals surface area contributed by atoms with E-state index in [-0.39, 0.29) is 11.8 Å². The Balaban J connectivity index is 5.04. The summed E-state index contributed by atoms with van der Waals surface area (Å²) in [4.78, 5) is 48.7. The summed E-state index contributed by atoms with van der Waals surface area (Å²) in [5.74, 6) is -3.23. The number of carboxylic acid groups (broad SMARTS) is 1. The van der Waals surface area contributed by atoms with Gasteiger partial charge in [0.05, 0.1) is 6.04 Å². The van der Waals surface area contributed by atoms with Crippen LogP contribution in [0.1, 0.15) is 60.3 Å². The van der Waals surface area contributed by atoms with E-state index >= 15 is 0 Å². The van der Waals surface area contributed by atoms with Gasteiger partial charge in [-0.3, -0.25) is 14.4 Å². The second-order valence-electron chi connectivity index (χ2n) is 8.06. The first-order chi connectivity index (χ1) is 14.0. The number of hydrogen-bond acceptors (Lipinski definition) is 6. The zero-order chi connectivity index (χ0) is 23.4. The molecule has 174 valence electrons. The van der Waals surface area contributed by atoms with E-state index < -0.39 is 47.9 Å². The summed E-state index contributed by atoms with van der Waals surface area (Å²) in [5.41, 5.74) is 11.3. The van der Waals surface area contributed by atoms with Gasteiger partial charge in [0, 0.05) is 0 Å². The molecule has 0 bridgehead atoms. The fourth-order valence-corrected chi connectivity index (χ4v) is 2.76. The third-order valence-electron chi connectivity index (χ3n) is 5.08. The van der Waals surface area contributed by atoms with Crippen molar-refractivity contribution in [3.05, 3.63) is 0 Å². The number of carbonyl (C=O) groups is 4. The number of amides is 3. The maximum Gasteiger partial charge on any atom is 0.326 e. The van der Waals surface area contributed by atoms with Crippen molar-refractivity contribution in [1.82, 2.24) is 16.0 Å². The highest BCUT2D eigenvalue weighted by molar-refractivity contribution is 5.94. The zero-order valence-electron chi connectivity index (χ0n) is 18.7. The average Bonchev–Trinajstić information content (AvgIpc) is 2.68. The largest absolute Gasteiger partial charge is 0.480 e. The molecule has 0 aromatic heterocycles. The van der Waals surface area contributed by atoms with Crippen molar-refractivity contribution in [2.24, 2.45) is 23.3 Å². The normalized spacial score (nSPS) is 16.1. The predicted octanol–water partition coefficient (Wildman–Crippen LogP) is -0.296. The molecule has 0 radical (unpaired) electrons. The lowest BCUT2D eigenvalue weighted by Gasteiger charge is -2.27. The summed E-state index contributed by atoms with van der Waals surface area (Å²) in [7, 11) is 0. The first-order valence-corrected chi connectivity index (χ1v) is 10.6. The Morgan fingerprint density at radius 2 is 1.43 bits per heavy atom. The summed E-state index contributed by atoms with van der Waals surface area (Å²) >= 11 is 0. The Morgan fingerprint density at radius 1 is 0.867 bits per heavy atom. The highest BCUT2D eigenvalue weighted by Gasteiger charge is 2.31. The number of carbonyl (C=O) groups excluding carboxylic acids is 3. The number of carboxylic acids is 1. The molecule has 0 heterocycles. The van der Waals surface area contributed by atoms with Crippen LogP contribution in [0, 0.1) is 11.8 Å². The molecule has 8 N–H and O–H groups in total. The average molecular weight is 430 g/mol. The summed E-state index contributed by atoms with van der Waals surface area (Å²) in [6.45, 7) is 9.02. The van der Waals surface area contributed by atoms with Gasteiger partial charge in [-0.25, -0.2) is 4.79 Å². The SMILES string of the molecule is CCC(C)C(NC(=O)C(N)CCCCN)C(=O)NC(C)C(=O)NC(C(=O)O)C(C)C. The number of nitrogens with two attached hydrogens (primary N) is 2. The monoisotopic (exact) mass is 429 g/mol. The zero-order valence-corrected chi connectivity index (χ0v) is 18.7. The first-order valence-electron chi connectivity index (χ1n) is 10.6. The van der Waals surface area contributed by atoms with Crippen molar-refractivity contribution in [1.29, 1.82) is 0 Å². The second-order valence-corrected chi connectivity index (χ2v) is 8.06. The van der Waals surface area contributed by atoms with Gasteiger partial charge < -0.3 is 32.5 Å². The number of unbranched alkanes of at least 4 members (excludes halogenated alkanes) is 1. The van der Waals surface area contributed by atoms with Crippen LogP contribution in [0.4, 0.5) is 0 Å². The van der Waals surface area contributed by atoms with E-state index in [4.69, 9.17) is 11.5 Å². The third kappa shape index (κ3) is 9.53. The summed E-state index contributed by atoms with van der Waals surface area (Å²) < 4.78 is 0. The molecule has 0 rings (SSSR count). The van der Waals surface area contributed by atoms with Gasteiger partial charge in [-0.05, 0) is 38.1 Å². The molecule has 0 aliphatic rings. The molecule has 0 aromatic carbocycles. The van der Waals surface area contributed by atoms with Gasteiger partial charge in [-0.2, -0.15) is 0 Å². The van der Waals surface area contributed by atoms with Crippen LogP contribution in [0.5, 0.6) is 0 Å². The van der Waals surface area contributed by atoms with Crippen molar-refractivity contribution in [3.8, 4) is 0 Å². The van der Waals surface area contributed by atoms with Crippen LogP contribution in [0.3, 0.4) is 0 Å². The van der Waals surface area contributed by atoms with Crippen molar-refractivity contribution >= 4 is 23.7 Å². The predicted molar refractivity (Wildman–Crippen MR) is 114 cm³/mol. The van der Waals surface area contributed by atoms with Gasteiger partial charge in [0.15, 0.2) is 0 Å². The van der Waals surface area contributed by atoms with Gasteiger partial charge >= 0.3 is 5.97 Å². The van der Waals surface area contributed by atoms with Crippen molar-refractivity contribution in [2.45, 2.75) is 84.5 Å². The van der Waals surface area contributed by atoms with E-state index in [2.05, 4.69) is 16.0 Å². The van der Waals surface area contributed by atoms with Gasteiger partial charge in [0.1, 0.15) is 18.1 Å². The topological polar surface area (TPSA) is 177 Å². The van der Waals surface area contributed by atoms with Crippen LogP contribution in [-0.4, -0.2) is 59.5 Å². The van der Waals surface area contributed by atoms with Gasteiger partial charge in [-0.1, -0.05) is 40.5 Å². The van der Waals surface area contributed by atoms with Crippen LogP contribution < -0.4 is 27.4 Å². The molecule has 0 spiro atoms. The van der Waals surface area contributed by atoms with Crippen molar-refractivity contribution in [3.63, 3.8) is 0 Å². The summed E-state index contributed by atoms with van der Waals surface area (Å²) in [6.07, 6.45) is 2.55. The minimum atomic E-state index is -1.15. The Hall–Kier alpha value is -2.20. The molecule has 0 aromatic rings. The van der Waals surface area contributed by atoms with Gasteiger partial charge in [0.2, 0.25) is 17.7 Å². The van der Waals surface area contributed by atoms with Crippen LogP contribution in [0.25, 0.3) is 0 Å². The minimum absolute atomic E-state index is 0.192. The molecule has 0 saturated carbocycles. The Labute approximate surface area is 178 Å². The molecular formula is C20H39N5O5. The smallest absolute Gasteiger partial charge is 0.326 e. The van der Waals surface area contributed by atoms with Crippen LogP contribution >= 0.6 is 0 Å². The Bertz CT molecular complexity index is 584. The van der Waals surface area contributed by atoms with Crippen LogP contribution in [0.15, 0.2) is 0 Å². The quantitative estimate of drug-likeness (QED) is 0.205. The maximum atomic E-state index is 12.8. The molecule has 3 amide bonds.